The number of amides is 1. The largest absolute Gasteiger partial charge is 0.497 e. The third-order valence-electron chi connectivity index (χ3n) is 6.04. The summed E-state index contributed by atoms with van der Waals surface area (Å²) in [5.74, 6) is 1.32. The number of carbonyl (C=O) groups excluding carboxylic acids is 1. The van der Waals surface area contributed by atoms with E-state index in [-0.39, 0.29) is 5.92 Å². The molecule has 3 rings (SSSR count). The standard InChI is InChI=1S/C23H36N2O4/c1-28-22-8-6-7-19(15-22)17-29-18-21(26)16-24-13-9-20(10-14-24)23(27)25-11-4-2-3-5-12-25/h6-8,15,20-21,26H,2-5,9-14,16-18H2,1H3. The average Bonchev–Trinajstić information content (AvgIpc) is 3.03. The lowest BCUT2D eigenvalue weighted by Gasteiger charge is -2.34. The highest BCUT2D eigenvalue weighted by Crippen LogP contribution is 2.22. The Morgan fingerprint density at radius 1 is 1.14 bits per heavy atom. The molecule has 0 bridgehead atoms. The Labute approximate surface area is 174 Å². The zero-order chi connectivity index (χ0) is 20.5. The van der Waals surface area contributed by atoms with E-state index in [9.17, 15) is 9.90 Å². The van der Waals surface area contributed by atoms with Gasteiger partial charge in [-0.2, -0.15) is 0 Å². The normalized spacial score (nSPS) is 20.3. The predicted molar refractivity (Wildman–Crippen MR) is 113 cm³/mol. The number of hydrogen-bond acceptors (Lipinski definition) is 5. The fourth-order valence-corrected chi connectivity index (χ4v) is 4.34. The second-order valence-corrected chi connectivity index (χ2v) is 8.33. The minimum Gasteiger partial charge on any atom is -0.497 e. The van der Waals surface area contributed by atoms with Gasteiger partial charge in [-0.25, -0.2) is 0 Å². The van der Waals surface area contributed by atoms with Crippen molar-refractivity contribution in [2.24, 2.45) is 5.92 Å². The van der Waals surface area contributed by atoms with Crippen LogP contribution in [-0.2, 0) is 16.1 Å². The maximum atomic E-state index is 12.8. The van der Waals surface area contributed by atoms with Gasteiger partial charge < -0.3 is 24.4 Å². The summed E-state index contributed by atoms with van der Waals surface area (Å²) >= 11 is 0. The number of aliphatic hydroxyl groups is 1. The van der Waals surface area contributed by atoms with Crippen LogP contribution in [0.5, 0.6) is 5.75 Å². The smallest absolute Gasteiger partial charge is 0.225 e. The second-order valence-electron chi connectivity index (χ2n) is 8.33. The van der Waals surface area contributed by atoms with Crippen molar-refractivity contribution in [2.45, 2.75) is 51.2 Å². The van der Waals surface area contributed by atoms with Crippen molar-refractivity contribution in [1.29, 1.82) is 0 Å². The van der Waals surface area contributed by atoms with Crippen molar-refractivity contribution in [1.82, 2.24) is 9.80 Å². The van der Waals surface area contributed by atoms with Crippen LogP contribution in [-0.4, -0.2) is 73.4 Å². The zero-order valence-electron chi connectivity index (χ0n) is 17.7. The van der Waals surface area contributed by atoms with E-state index in [1.165, 1.54) is 12.8 Å². The molecule has 0 radical (unpaired) electrons. The number of carbonyl (C=O) groups is 1. The van der Waals surface area contributed by atoms with E-state index in [2.05, 4.69) is 9.80 Å². The number of β-amino-alcohol motifs (C(OH)–C–C–N with tert-alkyl or cyclic N) is 1. The molecule has 0 aromatic heterocycles. The van der Waals surface area contributed by atoms with Crippen molar-refractivity contribution >= 4 is 5.91 Å². The SMILES string of the molecule is COc1cccc(COCC(O)CN2CCC(C(=O)N3CCCCCC3)CC2)c1. The molecule has 0 saturated carbocycles. The Bertz CT molecular complexity index is 623. The van der Waals surface area contributed by atoms with Crippen molar-refractivity contribution in [3.05, 3.63) is 29.8 Å². The summed E-state index contributed by atoms with van der Waals surface area (Å²) in [4.78, 5) is 17.1. The Balaban J connectivity index is 1.33. The average molecular weight is 405 g/mol. The molecule has 162 valence electrons. The van der Waals surface area contributed by atoms with Crippen LogP contribution in [0.25, 0.3) is 0 Å². The lowest BCUT2D eigenvalue weighted by Crippen LogP contribution is -2.45. The van der Waals surface area contributed by atoms with Crippen LogP contribution < -0.4 is 4.74 Å². The number of rotatable bonds is 8. The summed E-state index contributed by atoms with van der Waals surface area (Å²) < 4.78 is 10.9. The molecule has 2 heterocycles. The first-order valence-corrected chi connectivity index (χ1v) is 11.1. The van der Waals surface area contributed by atoms with Gasteiger partial charge >= 0.3 is 0 Å². The van der Waals surface area contributed by atoms with Gasteiger partial charge in [0.2, 0.25) is 5.91 Å². The number of methoxy groups -OCH3 is 1. The summed E-state index contributed by atoms with van der Waals surface area (Å²) in [5, 5.41) is 10.3. The minimum absolute atomic E-state index is 0.158. The number of benzene rings is 1. The van der Waals surface area contributed by atoms with Gasteiger partial charge in [0, 0.05) is 25.6 Å². The quantitative estimate of drug-likeness (QED) is 0.722. The highest BCUT2D eigenvalue weighted by atomic mass is 16.5. The first-order valence-electron chi connectivity index (χ1n) is 11.1. The van der Waals surface area contributed by atoms with Crippen LogP contribution in [0, 0.1) is 5.92 Å². The molecule has 2 aliphatic rings. The van der Waals surface area contributed by atoms with Crippen LogP contribution in [0.4, 0.5) is 0 Å². The first-order chi connectivity index (χ1) is 14.2. The molecule has 1 atom stereocenters. The van der Waals surface area contributed by atoms with Gasteiger partial charge in [0.25, 0.3) is 0 Å². The number of nitrogens with zero attached hydrogens (tertiary/aromatic N) is 2. The molecule has 2 saturated heterocycles. The van der Waals surface area contributed by atoms with E-state index in [1.54, 1.807) is 7.11 Å². The van der Waals surface area contributed by atoms with Gasteiger partial charge in [-0.15, -0.1) is 0 Å². The van der Waals surface area contributed by atoms with E-state index >= 15 is 0 Å². The van der Waals surface area contributed by atoms with E-state index in [1.807, 2.05) is 24.3 Å². The van der Waals surface area contributed by atoms with Crippen LogP contribution >= 0.6 is 0 Å². The van der Waals surface area contributed by atoms with E-state index in [4.69, 9.17) is 9.47 Å². The maximum Gasteiger partial charge on any atom is 0.225 e. The van der Waals surface area contributed by atoms with E-state index in [0.29, 0.717) is 25.7 Å². The van der Waals surface area contributed by atoms with E-state index < -0.39 is 6.10 Å². The molecule has 0 aliphatic carbocycles. The molecule has 1 aromatic rings. The van der Waals surface area contributed by atoms with Crippen molar-refractivity contribution in [3.8, 4) is 5.75 Å². The second kappa shape index (κ2) is 11.5. The molecule has 6 nitrogen and oxygen atoms in total. The minimum atomic E-state index is -0.515. The third kappa shape index (κ3) is 6.98. The lowest BCUT2D eigenvalue weighted by molar-refractivity contribution is -0.137. The van der Waals surface area contributed by atoms with Crippen molar-refractivity contribution < 1.29 is 19.4 Å². The maximum absolute atomic E-state index is 12.8. The molecule has 1 aromatic carbocycles. The molecule has 6 heteroatoms. The number of ether oxygens (including phenoxy) is 2. The molecule has 2 aliphatic heterocycles. The molecule has 29 heavy (non-hydrogen) atoms. The Morgan fingerprint density at radius 3 is 2.55 bits per heavy atom. The number of aliphatic hydroxyl groups excluding tert-OH is 1. The fraction of sp³-hybridized carbons (Fsp3) is 0.696. The summed E-state index contributed by atoms with van der Waals surface area (Å²) in [6.45, 7) is 4.98. The summed E-state index contributed by atoms with van der Waals surface area (Å²) in [7, 11) is 1.65. The molecule has 1 unspecified atom stereocenters. The molecule has 2 fully saturated rings. The molecule has 1 N–H and O–H groups in total. The molecular weight excluding hydrogens is 368 g/mol. The monoisotopic (exact) mass is 404 g/mol. The summed E-state index contributed by atoms with van der Waals surface area (Å²) in [6, 6.07) is 7.77. The van der Waals surface area contributed by atoms with Gasteiger partial charge in [-0.3, -0.25) is 4.79 Å². The van der Waals surface area contributed by atoms with Crippen LogP contribution in [0.15, 0.2) is 24.3 Å². The van der Waals surface area contributed by atoms with Crippen LogP contribution in [0.2, 0.25) is 0 Å². The number of piperidine rings is 1. The van der Waals surface area contributed by atoms with Crippen LogP contribution in [0.3, 0.4) is 0 Å². The molecular formula is C23H36N2O4. The summed E-state index contributed by atoms with van der Waals surface area (Å²) in [6.07, 6.45) is 6.07. The van der Waals surface area contributed by atoms with Gasteiger partial charge in [0.1, 0.15) is 5.75 Å². The van der Waals surface area contributed by atoms with Gasteiger partial charge in [0.15, 0.2) is 0 Å². The number of likely N-dealkylation sites (tertiary alicyclic amines) is 2. The highest BCUT2D eigenvalue weighted by molar-refractivity contribution is 5.79. The number of hydrogen-bond donors (Lipinski definition) is 1. The molecule has 0 spiro atoms. The first kappa shape index (κ1) is 22.1. The Kier molecular flexibility index (Phi) is 8.77. The topological polar surface area (TPSA) is 62.2 Å². The Morgan fingerprint density at radius 2 is 1.86 bits per heavy atom. The van der Waals surface area contributed by atoms with Gasteiger partial charge in [-0.1, -0.05) is 25.0 Å². The fourth-order valence-electron chi connectivity index (χ4n) is 4.34. The third-order valence-corrected chi connectivity index (χ3v) is 6.04. The highest BCUT2D eigenvalue weighted by Gasteiger charge is 2.29. The van der Waals surface area contributed by atoms with E-state index in [0.717, 1.165) is 63.2 Å². The molecule has 1 amide bonds. The van der Waals surface area contributed by atoms with Crippen molar-refractivity contribution in [2.75, 3.05) is 46.4 Å². The van der Waals surface area contributed by atoms with Crippen molar-refractivity contribution in [3.63, 3.8) is 0 Å². The zero-order valence-corrected chi connectivity index (χ0v) is 17.7. The Hall–Kier alpha value is -1.63. The van der Waals surface area contributed by atoms with Crippen LogP contribution in [0.1, 0.15) is 44.1 Å². The summed E-state index contributed by atoms with van der Waals surface area (Å²) in [5.41, 5.74) is 1.03. The van der Waals surface area contributed by atoms with Gasteiger partial charge in [-0.05, 0) is 56.5 Å². The van der Waals surface area contributed by atoms with Gasteiger partial charge in [0.05, 0.1) is 26.4 Å². The lowest BCUT2D eigenvalue weighted by atomic mass is 9.95. The predicted octanol–water partition coefficient (Wildman–Crippen LogP) is 2.69.